The van der Waals surface area contributed by atoms with Crippen molar-refractivity contribution in [3.8, 4) is 5.75 Å². The number of nitrogens with one attached hydrogen (secondary N) is 2. The van der Waals surface area contributed by atoms with E-state index in [1.54, 1.807) is 18.2 Å². The van der Waals surface area contributed by atoms with Crippen LogP contribution in [-0.2, 0) is 5.41 Å². The average Bonchev–Trinajstić information content (AvgIpc) is 3.07. The maximum atomic E-state index is 13.8. The highest BCUT2D eigenvalue weighted by Gasteiger charge is 2.56. The molecule has 0 aliphatic heterocycles. The fraction of sp³-hybridized carbons (Fsp3) is 0.350. The number of halogens is 4. The fourth-order valence-electron chi connectivity index (χ4n) is 3.53. The molecule has 2 aromatic carbocycles. The molecule has 0 amide bonds. The Morgan fingerprint density at radius 2 is 1.86 bits per heavy atom. The number of nitrogens with zero attached hydrogens (tertiary/aromatic N) is 1. The molecule has 1 unspecified atom stereocenters. The van der Waals surface area contributed by atoms with Crippen molar-refractivity contribution in [2.24, 2.45) is 0 Å². The lowest BCUT2D eigenvalue weighted by Gasteiger charge is -2.38. The number of H-pyrrole nitrogens is 1. The van der Waals surface area contributed by atoms with E-state index in [-0.39, 0.29) is 5.56 Å². The molecule has 1 aromatic heterocycles. The lowest BCUT2D eigenvalue weighted by atomic mass is 9.74. The number of rotatable bonds is 6. The van der Waals surface area contributed by atoms with Gasteiger partial charge in [-0.25, -0.2) is 4.39 Å². The zero-order valence-electron chi connectivity index (χ0n) is 15.8. The van der Waals surface area contributed by atoms with Gasteiger partial charge in [-0.2, -0.15) is 18.3 Å². The van der Waals surface area contributed by atoms with Gasteiger partial charge in [0.25, 0.3) is 0 Å². The van der Waals surface area contributed by atoms with Crippen molar-refractivity contribution < 1.29 is 27.8 Å². The summed E-state index contributed by atoms with van der Waals surface area (Å²) in [7, 11) is 0. The summed E-state index contributed by atoms with van der Waals surface area (Å²) in [6, 6.07) is 8.08. The van der Waals surface area contributed by atoms with Crippen LogP contribution in [0, 0.1) is 5.82 Å². The van der Waals surface area contributed by atoms with E-state index in [2.05, 4.69) is 15.5 Å². The normalized spacial score (nSPS) is 14.7. The van der Waals surface area contributed by atoms with Crippen LogP contribution >= 0.6 is 0 Å². The topological polar surface area (TPSA) is 81.2 Å². The Morgan fingerprint density at radius 1 is 1.14 bits per heavy atom. The summed E-state index contributed by atoms with van der Waals surface area (Å²) >= 11 is 0. The van der Waals surface area contributed by atoms with Crippen molar-refractivity contribution in [2.45, 2.75) is 37.5 Å². The van der Waals surface area contributed by atoms with E-state index < -0.39 is 41.7 Å². The first-order valence-corrected chi connectivity index (χ1v) is 8.87. The summed E-state index contributed by atoms with van der Waals surface area (Å²) in [6.07, 6.45) is -4.22. The van der Waals surface area contributed by atoms with Crippen LogP contribution < -0.4 is 5.32 Å². The number of phenolic OH excluding ortho intramolecular Hbond substituents is 1. The second kappa shape index (κ2) is 7.22. The van der Waals surface area contributed by atoms with Crippen LogP contribution in [-0.4, -0.2) is 38.7 Å². The number of phenols is 1. The molecule has 5 nitrogen and oxygen atoms in total. The molecule has 3 rings (SSSR count). The van der Waals surface area contributed by atoms with Crippen LogP contribution in [0.3, 0.4) is 0 Å². The van der Waals surface area contributed by atoms with E-state index in [4.69, 9.17) is 0 Å². The highest BCUT2D eigenvalue weighted by atomic mass is 19.4. The SMILES string of the molecule is CC(C)(CC(O)(CNc1cccc2[nH]ncc12)C(F)(F)F)c1ccc(F)cc1O. The van der Waals surface area contributed by atoms with Gasteiger partial charge >= 0.3 is 6.18 Å². The number of benzene rings is 2. The van der Waals surface area contributed by atoms with E-state index >= 15 is 0 Å². The summed E-state index contributed by atoms with van der Waals surface area (Å²) < 4.78 is 54.8. The summed E-state index contributed by atoms with van der Waals surface area (Å²) in [6.45, 7) is 2.09. The molecule has 0 saturated carbocycles. The van der Waals surface area contributed by atoms with Gasteiger partial charge in [-0.1, -0.05) is 26.0 Å². The minimum Gasteiger partial charge on any atom is -0.508 e. The number of aliphatic hydroxyl groups is 1. The Balaban J connectivity index is 1.89. The molecule has 0 aliphatic rings. The minimum absolute atomic E-state index is 0.110. The molecule has 9 heteroatoms. The zero-order chi connectivity index (χ0) is 21.4. The van der Waals surface area contributed by atoms with Crippen LogP contribution in [0.1, 0.15) is 25.8 Å². The Bertz CT molecular complexity index is 1020. The van der Waals surface area contributed by atoms with Crippen LogP contribution in [0.4, 0.5) is 23.2 Å². The van der Waals surface area contributed by atoms with Crippen LogP contribution in [0.5, 0.6) is 5.75 Å². The molecule has 0 spiro atoms. The zero-order valence-corrected chi connectivity index (χ0v) is 15.8. The third kappa shape index (κ3) is 4.14. The van der Waals surface area contributed by atoms with E-state index in [1.807, 2.05) is 0 Å². The number of fused-ring (bicyclic) bond motifs is 1. The molecular formula is C20H21F4N3O2. The lowest BCUT2D eigenvalue weighted by Crippen LogP contribution is -2.53. The first kappa shape index (κ1) is 20.9. The quantitative estimate of drug-likeness (QED) is 0.451. The van der Waals surface area contributed by atoms with Crippen LogP contribution in [0.25, 0.3) is 10.9 Å². The van der Waals surface area contributed by atoms with E-state index in [9.17, 15) is 27.8 Å². The Hall–Kier alpha value is -2.81. The third-order valence-electron chi connectivity index (χ3n) is 5.01. The maximum Gasteiger partial charge on any atom is 0.418 e. The predicted octanol–water partition coefficient (Wildman–Crippen LogP) is 4.48. The molecule has 0 fully saturated rings. The summed E-state index contributed by atoms with van der Waals surface area (Å²) in [4.78, 5) is 0. The monoisotopic (exact) mass is 411 g/mol. The number of hydrogen-bond acceptors (Lipinski definition) is 4. The first-order valence-electron chi connectivity index (χ1n) is 8.87. The summed E-state index contributed by atoms with van der Waals surface area (Å²) in [5.74, 6) is -1.17. The van der Waals surface area contributed by atoms with Gasteiger partial charge in [-0.3, -0.25) is 5.10 Å². The average molecular weight is 411 g/mol. The lowest BCUT2D eigenvalue weighted by molar-refractivity contribution is -0.260. The van der Waals surface area contributed by atoms with Gasteiger partial charge in [0.2, 0.25) is 0 Å². The van der Waals surface area contributed by atoms with E-state index in [0.717, 1.165) is 12.1 Å². The Labute approximate surface area is 164 Å². The molecule has 0 bridgehead atoms. The molecule has 0 radical (unpaired) electrons. The van der Waals surface area contributed by atoms with Crippen molar-refractivity contribution in [1.82, 2.24) is 10.2 Å². The van der Waals surface area contributed by atoms with Crippen molar-refractivity contribution in [3.05, 3.63) is 54.0 Å². The smallest absolute Gasteiger partial charge is 0.418 e. The van der Waals surface area contributed by atoms with Gasteiger partial charge in [-0.15, -0.1) is 0 Å². The number of aromatic nitrogens is 2. The molecule has 3 aromatic rings. The molecule has 1 atom stereocenters. The molecule has 156 valence electrons. The van der Waals surface area contributed by atoms with Gasteiger partial charge in [0.1, 0.15) is 11.6 Å². The fourth-order valence-corrected chi connectivity index (χ4v) is 3.53. The third-order valence-corrected chi connectivity index (χ3v) is 5.01. The molecule has 0 aliphatic carbocycles. The van der Waals surface area contributed by atoms with Crippen molar-refractivity contribution in [1.29, 1.82) is 0 Å². The predicted molar refractivity (Wildman–Crippen MR) is 101 cm³/mol. The second-order valence-corrected chi connectivity index (χ2v) is 7.74. The molecule has 1 heterocycles. The van der Waals surface area contributed by atoms with Crippen molar-refractivity contribution in [3.63, 3.8) is 0 Å². The van der Waals surface area contributed by atoms with Gasteiger partial charge in [-0.05, 0) is 35.6 Å². The molecular weight excluding hydrogens is 390 g/mol. The van der Waals surface area contributed by atoms with Crippen molar-refractivity contribution in [2.75, 3.05) is 11.9 Å². The van der Waals surface area contributed by atoms with Gasteiger partial charge in [0.05, 0.1) is 18.3 Å². The molecule has 0 saturated heterocycles. The number of aromatic hydroxyl groups is 1. The Kier molecular flexibility index (Phi) is 5.20. The first-order chi connectivity index (χ1) is 13.4. The van der Waals surface area contributed by atoms with E-state index in [0.29, 0.717) is 16.6 Å². The summed E-state index contributed by atoms with van der Waals surface area (Å²) in [5, 5.41) is 30.5. The van der Waals surface area contributed by atoms with E-state index in [1.165, 1.54) is 26.1 Å². The van der Waals surface area contributed by atoms with Gasteiger partial charge in [0, 0.05) is 17.1 Å². The standard InChI is InChI=1S/C20H21F4N3O2/c1-18(2,14-7-6-12(21)8-17(14)28)10-19(29,20(22,23)24)11-25-15-4-3-5-16-13(15)9-26-27-16/h3-9,25,28-29H,10-11H2,1-2H3,(H,26,27). The highest BCUT2D eigenvalue weighted by Crippen LogP contribution is 2.43. The number of anilines is 1. The number of alkyl halides is 3. The minimum atomic E-state index is -4.95. The molecule has 29 heavy (non-hydrogen) atoms. The second-order valence-electron chi connectivity index (χ2n) is 7.74. The largest absolute Gasteiger partial charge is 0.508 e. The highest BCUT2D eigenvalue weighted by molar-refractivity contribution is 5.90. The van der Waals surface area contributed by atoms with Gasteiger partial charge < -0.3 is 15.5 Å². The maximum absolute atomic E-state index is 13.8. The number of hydrogen-bond donors (Lipinski definition) is 4. The molecule has 4 N–H and O–H groups in total. The van der Waals surface area contributed by atoms with Crippen LogP contribution in [0.2, 0.25) is 0 Å². The number of aromatic amines is 1. The van der Waals surface area contributed by atoms with Crippen molar-refractivity contribution >= 4 is 16.6 Å². The Morgan fingerprint density at radius 3 is 2.52 bits per heavy atom. The van der Waals surface area contributed by atoms with Gasteiger partial charge in [0.15, 0.2) is 5.60 Å². The van der Waals surface area contributed by atoms with Crippen LogP contribution in [0.15, 0.2) is 42.6 Å². The summed E-state index contributed by atoms with van der Waals surface area (Å²) in [5.41, 5.74) is -3.27.